The highest BCUT2D eigenvalue weighted by molar-refractivity contribution is 5.94. The minimum Gasteiger partial charge on any atom is -0.468 e. The molecule has 0 spiro atoms. The van der Waals surface area contributed by atoms with Gasteiger partial charge in [-0.15, -0.1) is 0 Å². The van der Waals surface area contributed by atoms with Crippen LogP contribution < -0.4 is 10.1 Å². The molecule has 0 saturated carbocycles. The van der Waals surface area contributed by atoms with Gasteiger partial charge in [0.05, 0.1) is 12.1 Å². The fourth-order valence-electron chi connectivity index (χ4n) is 2.32. The zero-order chi connectivity index (χ0) is 18.4. The molecule has 0 bridgehead atoms. The molecule has 1 N–H and O–H groups in total. The number of pyridine rings is 1. The van der Waals surface area contributed by atoms with Crippen molar-refractivity contribution in [3.05, 3.63) is 23.9 Å². The van der Waals surface area contributed by atoms with Crippen LogP contribution in [0, 0.1) is 0 Å². The molecular formula is C15H19F3N4O3. The quantitative estimate of drug-likeness (QED) is 0.829. The number of likely N-dealkylation sites (N-methyl/N-ethyl adjacent to an activating group) is 1. The van der Waals surface area contributed by atoms with Crippen LogP contribution >= 0.6 is 0 Å². The average Bonchev–Trinajstić information content (AvgIpc) is 2.60. The number of nitrogens with zero attached hydrogens (tertiary/aromatic N) is 3. The molecule has 0 atom stereocenters. The minimum atomic E-state index is -4.44. The van der Waals surface area contributed by atoms with Gasteiger partial charge in [-0.2, -0.15) is 13.2 Å². The number of carbonyl (C=O) groups is 2. The van der Waals surface area contributed by atoms with Crippen LogP contribution in [0.2, 0.25) is 0 Å². The number of rotatable bonds is 5. The van der Waals surface area contributed by atoms with Gasteiger partial charge in [0.1, 0.15) is 0 Å². The van der Waals surface area contributed by atoms with E-state index in [1.807, 2.05) is 4.90 Å². The zero-order valence-corrected chi connectivity index (χ0v) is 13.7. The van der Waals surface area contributed by atoms with Crippen molar-refractivity contribution in [3.8, 4) is 5.88 Å². The Morgan fingerprint density at radius 1 is 1.24 bits per heavy atom. The van der Waals surface area contributed by atoms with Crippen LogP contribution in [-0.4, -0.2) is 79.2 Å². The monoisotopic (exact) mass is 360 g/mol. The molecule has 2 heterocycles. The summed E-state index contributed by atoms with van der Waals surface area (Å²) in [4.78, 5) is 31.0. The first kappa shape index (κ1) is 19.0. The van der Waals surface area contributed by atoms with Crippen LogP contribution in [0.1, 0.15) is 10.4 Å². The number of alkyl halides is 3. The fourth-order valence-corrected chi connectivity index (χ4v) is 2.32. The number of carbonyl (C=O) groups excluding carboxylic acids is 2. The van der Waals surface area contributed by atoms with Crippen molar-refractivity contribution in [2.75, 3.05) is 46.4 Å². The summed E-state index contributed by atoms with van der Waals surface area (Å²) in [6.07, 6.45) is -3.24. The third-order valence-corrected chi connectivity index (χ3v) is 3.67. The van der Waals surface area contributed by atoms with Gasteiger partial charge in [-0.25, -0.2) is 4.98 Å². The summed E-state index contributed by atoms with van der Waals surface area (Å²) in [5.41, 5.74) is 0.277. The minimum absolute atomic E-state index is 0.0848. The van der Waals surface area contributed by atoms with Crippen molar-refractivity contribution in [3.63, 3.8) is 0 Å². The molecule has 7 nitrogen and oxygen atoms in total. The third kappa shape index (κ3) is 5.89. The first-order valence-corrected chi connectivity index (χ1v) is 7.66. The lowest BCUT2D eigenvalue weighted by atomic mass is 10.2. The number of nitrogens with one attached hydrogen (secondary N) is 1. The van der Waals surface area contributed by atoms with Gasteiger partial charge in [-0.1, -0.05) is 0 Å². The van der Waals surface area contributed by atoms with Crippen molar-refractivity contribution in [2.24, 2.45) is 0 Å². The van der Waals surface area contributed by atoms with Crippen LogP contribution in [0.3, 0.4) is 0 Å². The molecule has 1 saturated heterocycles. The van der Waals surface area contributed by atoms with Crippen LogP contribution in [0.25, 0.3) is 0 Å². The van der Waals surface area contributed by atoms with Gasteiger partial charge in [-0.3, -0.25) is 14.5 Å². The van der Waals surface area contributed by atoms with E-state index < -0.39 is 12.8 Å². The Kier molecular flexibility index (Phi) is 6.18. The summed E-state index contributed by atoms with van der Waals surface area (Å²) in [7, 11) is 1.57. The van der Waals surface area contributed by atoms with E-state index in [0.717, 1.165) is 0 Å². The van der Waals surface area contributed by atoms with Crippen molar-refractivity contribution in [2.45, 2.75) is 6.18 Å². The fraction of sp³-hybridized carbons (Fsp3) is 0.533. The molecule has 1 aromatic rings. The van der Waals surface area contributed by atoms with E-state index in [2.05, 4.69) is 15.0 Å². The lowest BCUT2D eigenvalue weighted by molar-refractivity contribution is -0.154. The highest BCUT2D eigenvalue weighted by Crippen LogP contribution is 2.17. The van der Waals surface area contributed by atoms with E-state index in [1.54, 1.807) is 11.9 Å². The van der Waals surface area contributed by atoms with Crippen LogP contribution in [0.15, 0.2) is 18.3 Å². The Morgan fingerprint density at radius 2 is 1.92 bits per heavy atom. The molecule has 1 aromatic heterocycles. The van der Waals surface area contributed by atoms with Gasteiger partial charge in [0, 0.05) is 45.5 Å². The Hall–Kier alpha value is -2.36. The molecule has 2 amide bonds. The first-order chi connectivity index (χ1) is 11.8. The Morgan fingerprint density at radius 3 is 2.44 bits per heavy atom. The lowest BCUT2D eigenvalue weighted by Gasteiger charge is -2.34. The van der Waals surface area contributed by atoms with E-state index in [-0.39, 0.29) is 29.8 Å². The molecule has 2 rings (SSSR count). The van der Waals surface area contributed by atoms with E-state index in [0.29, 0.717) is 26.2 Å². The first-order valence-electron chi connectivity index (χ1n) is 7.66. The summed E-state index contributed by atoms with van der Waals surface area (Å²) in [5.74, 6) is -0.530. The number of hydrogen-bond donors (Lipinski definition) is 1. The van der Waals surface area contributed by atoms with Crippen LogP contribution in [0.5, 0.6) is 5.88 Å². The Bertz CT molecular complexity index is 599. The Balaban J connectivity index is 1.86. The van der Waals surface area contributed by atoms with E-state index >= 15 is 0 Å². The Labute approximate surface area is 142 Å². The van der Waals surface area contributed by atoms with Crippen molar-refractivity contribution < 1.29 is 27.5 Å². The standard InChI is InChI=1S/C15H19F3N4O3/c1-19-12(23)9-21-4-6-22(7-5-21)14(24)11-2-3-13(20-8-11)25-10-15(16,17)18/h2-3,8H,4-7,9-10H2,1H3,(H,19,23). The van der Waals surface area contributed by atoms with E-state index in [4.69, 9.17) is 0 Å². The molecule has 1 fully saturated rings. The SMILES string of the molecule is CNC(=O)CN1CCN(C(=O)c2ccc(OCC(F)(F)F)nc2)CC1. The van der Waals surface area contributed by atoms with E-state index in [9.17, 15) is 22.8 Å². The maximum Gasteiger partial charge on any atom is 0.422 e. The summed E-state index contributed by atoms with van der Waals surface area (Å²) < 4.78 is 40.8. The summed E-state index contributed by atoms with van der Waals surface area (Å²) in [5, 5.41) is 2.55. The number of amides is 2. The summed E-state index contributed by atoms with van der Waals surface area (Å²) in [6, 6.07) is 2.62. The van der Waals surface area contributed by atoms with Gasteiger partial charge in [0.15, 0.2) is 6.61 Å². The second-order valence-electron chi connectivity index (χ2n) is 5.53. The molecular weight excluding hydrogens is 341 g/mol. The van der Waals surface area contributed by atoms with Gasteiger partial charge < -0.3 is 15.0 Å². The van der Waals surface area contributed by atoms with Gasteiger partial charge in [0.25, 0.3) is 5.91 Å². The molecule has 25 heavy (non-hydrogen) atoms. The topological polar surface area (TPSA) is 74.8 Å². The smallest absolute Gasteiger partial charge is 0.422 e. The number of hydrogen-bond acceptors (Lipinski definition) is 5. The number of aromatic nitrogens is 1. The molecule has 0 unspecified atom stereocenters. The maximum atomic E-state index is 12.4. The summed E-state index contributed by atoms with van der Waals surface area (Å²) >= 11 is 0. The van der Waals surface area contributed by atoms with Gasteiger partial charge >= 0.3 is 6.18 Å². The van der Waals surface area contributed by atoms with Gasteiger partial charge in [0.2, 0.25) is 11.8 Å². The molecule has 10 heteroatoms. The molecule has 0 radical (unpaired) electrons. The highest BCUT2D eigenvalue weighted by atomic mass is 19.4. The van der Waals surface area contributed by atoms with Crippen molar-refractivity contribution in [1.82, 2.24) is 20.1 Å². The molecule has 138 valence electrons. The largest absolute Gasteiger partial charge is 0.468 e. The van der Waals surface area contributed by atoms with Crippen molar-refractivity contribution in [1.29, 1.82) is 0 Å². The zero-order valence-electron chi connectivity index (χ0n) is 13.7. The number of halogens is 3. The van der Waals surface area contributed by atoms with Crippen molar-refractivity contribution >= 4 is 11.8 Å². The predicted octanol–water partition coefficient (Wildman–Crippen LogP) is 0.527. The average molecular weight is 360 g/mol. The molecule has 0 aromatic carbocycles. The summed E-state index contributed by atoms with van der Waals surface area (Å²) in [6.45, 7) is 0.912. The maximum absolute atomic E-state index is 12.4. The highest BCUT2D eigenvalue weighted by Gasteiger charge is 2.29. The number of piperazine rings is 1. The molecule has 1 aliphatic heterocycles. The van der Waals surface area contributed by atoms with Crippen LogP contribution in [0.4, 0.5) is 13.2 Å². The number of ether oxygens (including phenoxy) is 1. The van der Waals surface area contributed by atoms with E-state index in [1.165, 1.54) is 18.3 Å². The second kappa shape index (κ2) is 8.15. The third-order valence-electron chi connectivity index (χ3n) is 3.67. The lowest BCUT2D eigenvalue weighted by Crippen LogP contribution is -2.50. The van der Waals surface area contributed by atoms with Crippen LogP contribution in [-0.2, 0) is 4.79 Å². The molecule has 1 aliphatic rings. The molecule has 0 aliphatic carbocycles. The predicted molar refractivity (Wildman–Crippen MR) is 82.2 cm³/mol. The van der Waals surface area contributed by atoms with Gasteiger partial charge in [-0.05, 0) is 6.07 Å². The second-order valence-corrected chi connectivity index (χ2v) is 5.53. The normalized spacial score (nSPS) is 15.8.